The average Bonchev–Trinajstić information content (AvgIpc) is 2.70. The Kier molecular flexibility index (Phi) is 6.05. The van der Waals surface area contributed by atoms with Crippen LogP contribution in [0.3, 0.4) is 0 Å². The van der Waals surface area contributed by atoms with Gasteiger partial charge >= 0.3 is 0 Å². The molecule has 3 N–H and O–H groups in total. The highest BCUT2D eigenvalue weighted by atomic mass is 35.5. The van der Waals surface area contributed by atoms with E-state index in [1.54, 1.807) is 0 Å². The number of imidazole rings is 1. The lowest BCUT2D eigenvalue weighted by Crippen LogP contribution is -2.34. The quantitative estimate of drug-likeness (QED) is 0.752. The third-order valence-electron chi connectivity index (χ3n) is 4.23. The first kappa shape index (κ1) is 16.7. The first-order valence-corrected chi connectivity index (χ1v) is 8.23. The van der Waals surface area contributed by atoms with E-state index in [0.717, 1.165) is 56.8 Å². The predicted molar refractivity (Wildman–Crippen MR) is 83.4 cm³/mol. The first-order chi connectivity index (χ1) is 10.1. The van der Waals surface area contributed by atoms with Crippen LogP contribution in [-0.4, -0.2) is 50.4 Å². The lowest BCUT2D eigenvalue weighted by molar-refractivity contribution is -0.0255. The van der Waals surface area contributed by atoms with Gasteiger partial charge in [-0.1, -0.05) is 24.9 Å². The normalized spacial score (nSPS) is 24.2. The molecule has 0 aromatic carbocycles. The summed E-state index contributed by atoms with van der Waals surface area (Å²) in [7, 11) is 0. The zero-order valence-corrected chi connectivity index (χ0v) is 13.5. The van der Waals surface area contributed by atoms with Gasteiger partial charge in [0.25, 0.3) is 0 Å². The largest absolute Gasteiger partial charge is 0.393 e. The third kappa shape index (κ3) is 4.68. The van der Waals surface area contributed by atoms with E-state index in [0.29, 0.717) is 18.0 Å². The van der Waals surface area contributed by atoms with Crippen molar-refractivity contribution in [3.05, 3.63) is 16.7 Å². The molecule has 5 nitrogen and oxygen atoms in total. The second kappa shape index (κ2) is 7.58. The molecular formula is C15H26ClN3O2. The van der Waals surface area contributed by atoms with Gasteiger partial charge in [-0.15, -0.1) is 0 Å². The molecule has 1 aromatic rings. The maximum atomic E-state index is 10.2. The number of unbranched alkanes of at least 4 members (excludes halogenated alkanes) is 1. The lowest BCUT2D eigenvalue weighted by atomic mass is 9.96. The smallest absolute Gasteiger partial charge is 0.151 e. The Morgan fingerprint density at radius 3 is 2.90 bits per heavy atom. The lowest BCUT2D eigenvalue weighted by Gasteiger charge is -2.24. The van der Waals surface area contributed by atoms with E-state index in [1.165, 1.54) is 0 Å². The summed E-state index contributed by atoms with van der Waals surface area (Å²) in [5.74, 6) is 0.957. The molecule has 120 valence electrons. The van der Waals surface area contributed by atoms with Crippen LogP contribution in [0.2, 0.25) is 5.15 Å². The maximum Gasteiger partial charge on any atom is 0.151 e. The van der Waals surface area contributed by atoms with Gasteiger partial charge in [0.05, 0.1) is 17.9 Å². The molecule has 2 heterocycles. The number of hydrogen-bond donors (Lipinski definition) is 3. The molecule has 6 heteroatoms. The number of nitrogens with one attached hydrogen (secondary N) is 1. The van der Waals surface area contributed by atoms with E-state index in [4.69, 9.17) is 11.6 Å². The monoisotopic (exact) mass is 315 g/mol. The van der Waals surface area contributed by atoms with Crippen molar-refractivity contribution in [1.29, 1.82) is 0 Å². The van der Waals surface area contributed by atoms with Gasteiger partial charge in [-0.3, -0.25) is 4.90 Å². The summed E-state index contributed by atoms with van der Waals surface area (Å²) in [4.78, 5) is 9.96. The molecule has 0 aliphatic carbocycles. The van der Waals surface area contributed by atoms with Crippen molar-refractivity contribution < 1.29 is 10.2 Å². The topological polar surface area (TPSA) is 72.4 Å². The van der Waals surface area contributed by atoms with Gasteiger partial charge in [-0.25, -0.2) is 4.98 Å². The van der Waals surface area contributed by atoms with E-state index < -0.39 is 5.60 Å². The van der Waals surface area contributed by atoms with Crippen molar-refractivity contribution in [2.24, 2.45) is 0 Å². The molecule has 1 aromatic heterocycles. The first-order valence-electron chi connectivity index (χ1n) is 7.85. The molecule has 0 unspecified atom stereocenters. The van der Waals surface area contributed by atoms with Crippen molar-refractivity contribution in [3.8, 4) is 0 Å². The zero-order valence-electron chi connectivity index (χ0n) is 12.7. The Morgan fingerprint density at radius 1 is 1.38 bits per heavy atom. The summed E-state index contributed by atoms with van der Waals surface area (Å²) < 4.78 is 0. The second-order valence-corrected chi connectivity index (χ2v) is 6.43. The van der Waals surface area contributed by atoms with Gasteiger partial charge in [0.1, 0.15) is 5.82 Å². The number of H-pyrrole nitrogens is 1. The Bertz CT molecular complexity index is 452. The third-order valence-corrected chi connectivity index (χ3v) is 4.54. The number of nitrogens with zero attached hydrogens (tertiary/aromatic N) is 2. The minimum absolute atomic E-state index is 0.160. The van der Waals surface area contributed by atoms with E-state index in [9.17, 15) is 10.2 Å². The predicted octanol–water partition coefficient (Wildman–Crippen LogP) is 2.11. The molecule has 0 amide bonds. The molecule has 1 atom stereocenters. The van der Waals surface area contributed by atoms with Crippen molar-refractivity contribution in [2.45, 2.75) is 57.6 Å². The minimum Gasteiger partial charge on any atom is -0.393 e. The fourth-order valence-corrected chi connectivity index (χ4v) is 2.99. The maximum absolute atomic E-state index is 10.2. The molecule has 0 spiro atoms. The number of aliphatic hydroxyl groups excluding tert-OH is 1. The average molecular weight is 316 g/mol. The van der Waals surface area contributed by atoms with Crippen LogP contribution < -0.4 is 0 Å². The molecule has 1 aliphatic heterocycles. The molecule has 0 radical (unpaired) electrons. The summed E-state index contributed by atoms with van der Waals surface area (Å²) >= 11 is 6.21. The number of likely N-dealkylation sites (tertiary alicyclic amines) is 1. The fourth-order valence-electron chi connectivity index (χ4n) is 2.78. The second-order valence-electron chi connectivity index (χ2n) is 6.07. The summed E-state index contributed by atoms with van der Waals surface area (Å²) in [6.45, 7) is 4.38. The zero-order chi connectivity index (χ0) is 15.3. The Balaban J connectivity index is 1.93. The van der Waals surface area contributed by atoms with Gasteiger partial charge in [0, 0.05) is 19.5 Å². The standard InChI is InChI=1S/C15H26ClN3O2/c1-2-3-5-13-17-12(14(16)18-13)10-19-8-4-6-15(21,11-20)7-9-19/h20-21H,2-11H2,1H3,(H,17,18)/t15-/m1/s1. The number of aliphatic hydroxyl groups is 2. The fraction of sp³-hybridized carbons (Fsp3) is 0.800. The molecule has 0 bridgehead atoms. The summed E-state index contributed by atoms with van der Waals surface area (Å²) in [5, 5.41) is 20.0. The van der Waals surface area contributed by atoms with Crippen molar-refractivity contribution in [2.75, 3.05) is 19.7 Å². The van der Waals surface area contributed by atoms with E-state index in [-0.39, 0.29) is 6.61 Å². The van der Waals surface area contributed by atoms with Crippen LogP contribution in [0, 0.1) is 0 Å². The van der Waals surface area contributed by atoms with Gasteiger partial charge in [-0.2, -0.15) is 0 Å². The van der Waals surface area contributed by atoms with Gasteiger partial charge in [0.2, 0.25) is 0 Å². The highest BCUT2D eigenvalue weighted by Crippen LogP contribution is 2.24. The van der Waals surface area contributed by atoms with Gasteiger partial charge in [0.15, 0.2) is 5.15 Å². The van der Waals surface area contributed by atoms with Gasteiger partial charge < -0.3 is 15.2 Å². The number of hydrogen-bond acceptors (Lipinski definition) is 4. The SMILES string of the molecule is CCCCc1nc(Cl)c(CN2CCC[C@](O)(CO)CC2)[nH]1. The van der Waals surface area contributed by atoms with Crippen LogP contribution in [0.15, 0.2) is 0 Å². The molecule has 0 saturated carbocycles. The number of halogens is 1. The Hall–Kier alpha value is -0.620. The number of aromatic nitrogens is 2. The van der Waals surface area contributed by atoms with E-state index in [1.807, 2.05) is 0 Å². The number of aryl methyl sites for hydroxylation is 1. The molecule has 1 saturated heterocycles. The number of aromatic amines is 1. The van der Waals surface area contributed by atoms with Crippen LogP contribution in [-0.2, 0) is 13.0 Å². The van der Waals surface area contributed by atoms with Crippen molar-refractivity contribution in [1.82, 2.24) is 14.9 Å². The summed E-state index contributed by atoms with van der Waals surface area (Å²) in [5.41, 5.74) is 0.0379. The Labute approximate surface area is 131 Å². The number of rotatable bonds is 6. The van der Waals surface area contributed by atoms with Crippen LogP contribution in [0.4, 0.5) is 0 Å². The summed E-state index contributed by atoms with van der Waals surface area (Å²) in [6.07, 6.45) is 5.30. The van der Waals surface area contributed by atoms with E-state index in [2.05, 4.69) is 21.8 Å². The molecular weight excluding hydrogens is 290 g/mol. The Morgan fingerprint density at radius 2 is 2.19 bits per heavy atom. The molecule has 1 fully saturated rings. The molecule has 21 heavy (non-hydrogen) atoms. The highest BCUT2D eigenvalue weighted by Gasteiger charge is 2.29. The highest BCUT2D eigenvalue weighted by molar-refractivity contribution is 6.30. The molecule has 2 rings (SSSR count). The van der Waals surface area contributed by atoms with Crippen LogP contribution in [0.1, 0.15) is 50.5 Å². The van der Waals surface area contributed by atoms with Gasteiger partial charge in [-0.05, 0) is 32.2 Å². The van der Waals surface area contributed by atoms with Crippen molar-refractivity contribution in [3.63, 3.8) is 0 Å². The van der Waals surface area contributed by atoms with Crippen molar-refractivity contribution >= 4 is 11.6 Å². The summed E-state index contributed by atoms with van der Waals surface area (Å²) in [6, 6.07) is 0. The minimum atomic E-state index is -0.918. The molecule has 1 aliphatic rings. The van der Waals surface area contributed by atoms with Crippen LogP contribution >= 0.6 is 11.6 Å². The van der Waals surface area contributed by atoms with E-state index >= 15 is 0 Å². The van der Waals surface area contributed by atoms with Crippen LogP contribution in [0.25, 0.3) is 0 Å². The van der Waals surface area contributed by atoms with Crippen LogP contribution in [0.5, 0.6) is 0 Å².